The van der Waals surface area contributed by atoms with Crippen LogP contribution < -0.4 is 10.6 Å². The first-order valence-electron chi connectivity index (χ1n) is 11.1. The highest BCUT2D eigenvalue weighted by molar-refractivity contribution is 7.80. The van der Waals surface area contributed by atoms with Gasteiger partial charge in [-0.15, -0.1) is 11.3 Å². The van der Waals surface area contributed by atoms with Crippen molar-refractivity contribution in [1.82, 2.24) is 5.32 Å². The molecule has 4 bridgehead atoms. The molecule has 0 amide bonds. The Labute approximate surface area is 184 Å². The first-order chi connectivity index (χ1) is 13.8. The van der Waals surface area contributed by atoms with Crippen LogP contribution in [0.15, 0.2) is 0 Å². The van der Waals surface area contributed by atoms with Crippen LogP contribution in [-0.4, -0.2) is 24.2 Å². The predicted molar refractivity (Wildman–Crippen MR) is 124 cm³/mol. The van der Waals surface area contributed by atoms with Gasteiger partial charge in [-0.1, -0.05) is 13.3 Å². The molecule has 4 saturated carbocycles. The second-order valence-corrected chi connectivity index (χ2v) is 11.3. The van der Waals surface area contributed by atoms with Crippen LogP contribution in [-0.2, 0) is 4.74 Å². The summed E-state index contributed by atoms with van der Waals surface area (Å²) in [5.74, 6) is 2.48. The number of carbonyl (C=O) groups is 1. The van der Waals surface area contributed by atoms with Gasteiger partial charge in [-0.25, -0.2) is 4.79 Å². The number of thiophene rings is 1. The van der Waals surface area contributed by atoms with Gasteiger partial charge < -0.3 is 15.4 Å². The zero-order valence-corrected chi connectivity index (χ0v) is 19.7. The Hall–Kier alpha value is -1.14. The fourth-order valence-electron chi connectivity index (χ4n) is 6.78. The molecule has 1 atom stereocenters. The maximum Gasteiger partial charge on any atom is 0.341 e. The van der Waals surface area contributed by atoms with Gasteiger partial charge in [-0.05, 0) is 99.7 Å². The van der Waals surface area contributed by atoms with Crippen molar-refractivity contribution in [3.8, 4) is 0 Å². The monoisotopic (exact) mass is 434 g/mol. The third-order valence-corrected chi connectivity index (χ3v) is 9.05. The molecule has 29 heavy (non-hydrogen) atoms. The lowest BCUT2D eigenvalue weighted by atomic mass is 9.47. The van der Waals surface area contributed by atoms with Crippen LogP contribution in [0.3, 0.4) is 0 Å². The van der Waals surface area contributed by atoms with E-state index in [1.165, 1.54) is 45.6 Å². The van der Waals surface area contributed by atoms with Gasteiger partial charge in [0.2, 0.25) is 0 Å². The molecule has 5 rings (SSSR count). The van der Waals surface area contributed by atoms with Crippen LogP contribution in [0.25, 0.3) is 0 Å². The highest BCUT2D eigenvalue weighted by Crippen LogP contribution is 2.61. The topological polar surface area (TPSA) is 50.4 Å². The quantitative estimate of drug-likeness (QED) is 0.436. The Kier molecular flexibility index (Phi) is 5.95. The maximum atomic E-state index is 12.3. The summed E-state index contributed by atoms with van der Waals surface area (Å²) in [7, 11) is 1.43. The Balaban J connectivity index is 1.51. The molecule has 4 nitrogen and oxygen atoms in total. The Morgan fingerprint density at radius 3 is 2.31 bits per heavy atom. The highest BCUT2D eigenvalue weighted by atomic mass is 32.1. The van der Waals surface area contributed by atoms with E-state index >= 15 is 0 Å². The Morgan fingerprint density at radius 1 is 1.21 bits per heavy atom. The maximum absolute atomic E-state index is 12.3. The lowest BCUT2D eigenvalue weighted by molar-refractivity contribution is -0.0718. The van der Waals surface area contributed by atoms with E-state index < -0.39 is 0 Å². The van der Waals surface area contributed by atoms with Gasteiger partial charge >= 0.3 is 5.97 Å². The molecular weight excluding hydrogens is 400 g/mol. The van der Waals surface area contributed by atoms with Gasteiger partial charge in [0.05, 0.1) is 12.7 Å². The summed E-state index contributed by atoms with van der Waals surface area (Å²) in [6, 6.07) is 0.421. The van der Waals surface area contributed by atoms with Gasteiger partial charge in [0.1, 0.15) is 5.00 Å². The number of esters is 1. The summed E-state index contributed by atoms with van der Waals surface area (Å²) in [5, 5.41) is 8.50. The fraction of sp³-hybridized carbons (Fsp3) is 0.739. The number of anilines is 1. The second kappa shape index (κ2) is 8.18. The zero-order chi connectivity index (χ0) is 20.8. The Bertz CT molecular complexity index is 766. The first-order valence-corrected chi connectivity index (χ1v) is 12.3. The molecule has 4 fully saturated rings. The smallest absolute Gasteiger partial charge is 0.341 e. The number of hydrogen-bond acceptors (Lipinski definition) is 4. The van der Waals surface area contributed by atoms with E-state index in [1.807, 2.05) is 13.8 Å². The molecule has 1 aromatic heterocycles. The summed E-state index contributed by atoms with van der Waals surface area (Å²) < 4.78 is 5.00. The van der Waals surface area contributed by atoms with Crippen LogP contribution in [0.2, 0.25) is 0 Å². The largest absolute Gasteiger partial charge is 0.465 e. The van der Waals surface area contributed by atoms with Crippen molar-refractivity contribution < 1.29 is 9.53 Å². The van der Waals surface area contributed by atoms with E-state index in [-0.39, 0.29) is 5.97 Å². The number of ether oxygens (including phenoxy) is 1. The molecule has 0 spiro atoms. The molecule has 0 aromatic carbocycles. The average molecular weight is 435 g/mol. The minimum absolute atomic E-state index is 0.302. The number of hydrogen-bond donors (Lipinski definition) is 2. The van der Waals surface area contributed by atoms with Crippen LogP contribution in [0.1, 0.15) is 79.1 Å². The lowest BCUT2D eigenvalue weighted by Crippen LogP contribution is -2.57. The first kappa shape index (κ1) is 21.1. The number of rotatable bonds is 6. The molecule has 1 unspecified atom stereocenters. The molecule has 4 aliphatic rings. The summed E-state index contributed by atoms with van der Waals surface area (Å²) >= 11 is 7.32. The Morgan fingerprint density at radius 2 is 1.79 bits per heavy atom. The van der Waals surface area contributed by atoms with Gasteiger partial charge in [-0.2, -0.15) is 0 Å². The van der Waals surface area contributed by atoms with Crippen molar-refractivity contribution in [3.63, 3.8) is 0 Å². The number of aryl methyl sites for hydroxylation is 1. The van der Waals surface area contributed by atoms with E-state index in [2.05, 4.69) is 17.6 Å². The van der Waals surface area contributed by atoms with Crippen LogP contribution in [0.4, 0.5) is 5.00 Å². The van der Waals surface area contributed by atoms with Crippen molar-refractivity contribution in [2.24, 2.45) is 23.2 Å². The molecular formula is C23H34N2O2S2. The van der Waals surface area contributed by atoms with Crippen molar-refractivity contribution in [1.29, 1.82) is 0 Å². The van der Waals surface area contributed by atoms with E-state index in [1.54, 1.807) is 11.3 Å². The third-order valence-electron chi connectivity index (χ3n) is 7.71. The lowest BCUT2D eigenvalue weighted by Gasteiger charge is -2.59. The zero-order valence-electron chi connectivity index (χ0n) is 18.1. The molecule has 160 valence electrons. The molecule has 0 radical (unpaired) electrons. The molecule has 1 aromatic rings. The molecule has 0 saturated heterocycles. The minimum Gasteiger partial charge on any atom is -0.465 e. The average Bonchev–Trinajstić information content (AvgIpc) is 2.93. The van der Waals surface area contributed by atoms with Gasteiger partial charge in [0.25, 0.3) is 0 Å². The molecule has 6 heteroatoms. The summed E-state index contributed by atoms with van der Waals surface area (Å²) in [5.41, 5.74) is 1.99. The number of nitrogens with one attached hydrogen (secondary N) is 2. The van der Waals surface area contributed by atoms with E-state index in [0.717, 1.165) is 46.0 Å². The van der Waals surface area contributed by atoms with Crippen LogP contribution in [0.5, 0.6) is 0 Å². The predicted octanol–water partition coefficient (Wildman–Crippen LogP) is 5.82. The summed E-state index contributed by atoms with van der Waals surface area (Å²) in [4.78, 5) is 13.4. The number of thiocarbonyl (C=S) groups is 1. The van der Waals surface area contributed by atoms with Crippen LogP contribution in [0, 0.1) is 37.0 Å². The standard InChI is InChI=1S/C23H34N2O2S2/c1-5-6-18(23-10-15-7-16(11-23)9-17(8-15)12-23)24-22(28)25-20-19(21(26)27-4)13(2)14(3)29-20/h15-18H,5-12H2,1-4H3,(H2,24,25,28). The second-order valence-electron chi connectivity index (χ2n) is 9.70. The summed E-state index contributed by atoms with van der Waals surface area (Å²) in [6.45, 7) is 6.27. The normalized spacial score (nSPS) is 30.8. The minimum atomic E-state index is -0.302. The van der Waals surface area contributed by atoms with E-state index in [0.29, 0.717) is 22.1 Å². The summed E-state index contributed by atoms with van der Waals surface area (Å²) in [6.07, 6.45) is 10.8. The van der Waals surface area contributed by atoms with Crippen molar-refractivity contribution in [2.75, 3.05) is 12.4 Å². The van der Waals surface area contributed by atoms with E-state index in [4.69, 9.17) is 17.0 Å². The molecule has 1 heterocycles. The highest BCUT2D eigenvalue weighted by Gasteiger charge is 2.54. The fourth-order valence-corrected chi connectivity index (χ4v) is 8.15. The molecule has 4 aliphatic carbocycles. The third kappa shape index (κ3) is 3.95. The van der Waals surface area contributed by atoms with Crippen molar-refractivity contribution >= 4 is 39.6 Å². The molecule has 0 aliphatic heterocycles. The van der Waals surface area contributed by atoms with Gasteiger partial charge in [-0.3, -0.25) is 0 Å². The van der Waals surface area contributed by atoms with E-state index in [9.17, 15) is 4.79 Å². The van der Waals surface area contributed by atoms with Crippen molar-refractivity contribution in [3.05, 3.63) is 16.0 Å². The van der Waals surface area contributed by atoms with Crippen molar-refractivity contribution in [2.45, 2.75) is 78.2 Å². The number of carbonyl (C=O) groups excluding carboxylic acids is 1. The number of methoxy groups -OCH3 is 1. The van der Waals surface area contributed by atoms with Gasteiger partial charge in [0.15, 0.2) is 5.11 Å². The SMILES string of the molecule is CCCC(NC(=S)Nc1sc(C)c(C)c1C(=O)OC)C12CC3CC(CC(C3)C1)C2. The van der Waals surface area contributed by atoms with Crippen LogP contribution >= 0.6 is 23.6 Å². The van der Waals surface area contributed by atoms with Gasteiger partial charge in [0, 0.05) is 10.9 Å². The molecule has 2 N–H and O–H groups in total.